The molecule has 0 aliphatic rings. The Kier molecular flexibility index (Phi) is 3.69. The van der Waals surface area contributed by atoms with E-state index in [2.05, 4.69) is 15.3 Å². The SMILES string of the molecule is CNCCOc1cnc(=S)[nH]c1. The molecule has 1 aromatic rings. The van der Waals surface area contributed by atoms with Gasteiger partial charge in [-0.25, -0.2) is 4.98 Å². The zero-order valence-corrected chi connectivity index (χ0v) is 7.65. The molecule has 66 valence electrons. The third kappa shape index (κ3) is 2.98. The predicted octanol–water partition coefficient (Wildman–Crippen LogP) is 0.737. The normalized spacial score (nSPS) is 9.75. The van der Waals surface area contributed by atoms with Crippen LogP contribution in [0.2, 0.25) is 0 Å². The molecule has 1 aromatic heterocycles. The molecule has 5 heteroatoms. The van der Waals surface area contributed by atoms with Gasteiger partial charge in [0.1, 0.15) is 6.61 Å². The molecule has 0 fully saturated rings. The second-order valence-electron chi connectivity index (χ2n) is 2.21. The Morgan fingerprint density at radius 2 is 2.58 bits per heavy atom. The van der Waals surface area contributed by atoms with Crippen LogP contribution in [0.1, 0.15) is 0 Å². The van der Waals surface area contributed by atoms with Gasteiger partial charge < -0.3 is 15.0 Å². The number of nitrogens with one attached hydrogen (secondary N) is 2. The van der Waals surface area contributed by atoms with Crippen LogP contribution in [0.4, 0.5) is 0 Å². The average molecular weight is 185 g/mol. The largest absolute Gasteiger partial charge is 0.489 e. The lowest BCUT2D eigenvalue weighted by molar-refractivity contribution is 0.315. The van der Waals surface area contributed by atoms with Gasteiger partial charge in [-0.15, -0.1) is 0 Å². The Labute approximate surface area is 76.0 Å². The molecular weight excluding hydrogens is 174 g/mol. The van der Waals surface area contributed by atoms with E-state index >= 15 is 0 Å². The van der Waals surface area contributed by atoms with Crippen LogP contribution in [-0.4, -0.2) is 30.2 Å². The molecule has 0 aliphatic carbocycles. The molecule has 0 unspecified atom stereocenters. The maximum Gasteiger partial charge on any atom is 0.196 e. The number of ether oxygens (including phenoxy) is 1. The number of rotatable bonds is 4. The molecule has 0 saturated carbocycles. The number of hydrogen-bond donors (Lipinski definition) is 2. The van der Waals surface area contributed by atoms with Crippen molar-refractivity contribution in [3.05, 3.63) is 17.2 Å². The Hall–Kier alpha value is -0.940. The van der Waals surface area contributed by atoms with Gasteiger partial charge in [-0.2, -0.15) is 0 Å². The minimum atomic E-state index is 0.468. The summed E-state index contributed by atoms with van der Waals surface area (Å²) in [5.41, 5.74) is 0. The fraction of sp³-hybridized carbons (Fsp3) is 0.429. The first kappa shape index (κ1) is 9.15. The van der Waals surface area contributed by atoms with Gasteiger partial charge in [0.25, 0.3) is 0 Å². The predicted molar refractivity (Wildman–Crippen MR) is 48.8 cm³/mol. The lowest BCUT2D eigenvalue weighted by Gasteiger charge is -2.03. The first-order chi connectivity index (χ1) is 5.83. The number of aromatic nitrogens is 2. The van der Waals surface area contributed by atoms with Gasteiger partial charge >= 0.3 is 0 Å². The van der Waals surface area contributed by atoms with Crippen LogP contribution in [0.3, 0.4) is 0 Å². The van der Waals surface area contributed by atoms with Gasteiger partial charge in [-0.3, -0.25) is 0 Å². The summed E-state index contributed by atoms with van der Waals surface area (Å²) in [7, 11) is 1.88. The van der Waals surface area contributed by atoms with Crippen molar-refractivity contribution in [3.8, 4) is 5.75 Å². The quantitative estimate of drug-likeness (QED) is 0.536. The second kappa shape index (κ2) is 4.84. The maximum absolute atomic E-state index is 5.30. The molecule has 1 rings (SSSR count). The van der Waals surface area contributed by atoms with Gasteiger partial charge in [-0.05, 0) is 19.3 Å². The van der Waals surface area contributed by atoms with Crippen molar-refractivity contribution in [1.29, 1.82) is 0 Å². The Morgan fingerprint density at radius 3 is 3.17 bits per heavy atom. The molecule has 0 spiro atoms. The fourth-order valence-electron chi connectivity index (χ4n) is 0.680. The standard InChI is InChI=1S/C7H11N3OS/c1-8-2-3-11-6-4-9-7(12)10-5-6/h4-5,8H,2-3H2,1H3,(H,9,10,12). The summed E-state index contributed by atoms with van der Waals surface area (Å²) in [6.45, 7) is 1.44. The third-order valence-corrected chi connectivity index (χ3v) is 1.49. The second-order valence-corrected chi connectivity index (χ2v) is 2.59. The zero-order valence-electron chi connectivity index (χ0n) is 6.83. The van der Waals surface area contributed by atoms with Gasteiger partial charge in [0, 0.05) is 12.7 Å². The Bertz CT molecular complexity index is 266. The van der Waals surface area contributed by atoms with Crippen molar-refractivity contribution in [2.45, 2.75) is 0 Å². The van der Waals surface area contributed by atoms with E-state index in [4.69, 9.17) is 17.0 Å². The van der Waals surface area contributed by atoms with Crippen molar-refractivity contribution < 1.29 is 4.74 Å². The minimum absolute atomic E-state index is 0.468. The molecule has 2 N–H and O–H groups in total. The number of H-pyrrole nitrogens is 1. The van der Waals surface area contributed by atoms with E-state index in [-0.39, 0.29) is 0 Å². The molecule has 0 aliphatic heterocycles. The van der Waals surface area contributed by atoms with Crippen molar-refractivity contribution in [1.82, 2.24) is 15.3 Å². The first-order valence-corrected chi connectivity index (χ1v) is 4.06. The fourth-order valence-corrected chi connectivity index (χ4v) is 0.791. The highest BCUT2D eigenvalue weighted by molar-refractivity contribution is 7.71. The molecule has 0 aromatic carbocycles. The van der Waals surface area contributed by atoms with Crippen LogP contribution in [0.5, 0.6) is 5.75 Å². The van der Waals surface area contributed by atoms with E-state index in [0.717, 1.165) is 6.54 Å². The summed E-state index contributed by atoms with van der Waals surface area (Å²) in [6.07, 6.45) is 3.31. The smallest absolute Gasteiger partial charge is 0.196 e. The molecule has 0 saturated heterocycles. The number of aromatic amines is 1. The number of nitrogens with zero attached hydrogens (tertiary/aromatic N) is 1. The van der Waals surface area contributed by atoms with E-state index in [1.807, 2.05) is 7.05 Å². The van der Waals surface area contributed by atoms with Crippen LogP contribution < -0.4 is 10.1 Å². The molecule has 0 atom stereocenters. The number of likely N-dealkylation sites (N-methyl/N-ethyl adjacent to an activating group) is 1. The molecule has 12 heavy (non-hydrogen) atoms. The van der Waals surface area contributed by atoms with Crippen LogP contribution in [0.25, 0.3) is 0 Å². The van der Waals surface area contributed by atoms with E-state index in [0.29, 0.717) is 17.1 Å². The molecule has 0 amide bonds. The zero-order chi connectivity index (χ0) is 8.81. The van der Waals surface area contributed by atoms with Gasteiger partial charge in [0.15, 0.2) is 10.5 Å². The highest BCUT2D eigenvalue weighted by Crippen LogP contribution is 2.03. The monoisotopic (exact) mass is 185 g/mol. The average Bonchev–Trinajstić information content (AvgIpc) is 2.09. The maximum atomic E-state index is 5.30. The Balaban J connectivity index is 2.42. The summed E-state index contributed by atoms with van der Waals surface area (Å²) in [5.74, 6) is 0.707. The summed E-state index contributed by atoms with van der Waals surface area (Å²) >= 11 is 4.77. The van der Waals surface area contributed by atoms with Crippen molar-refractivity contribution in [3.63, 3.8) is 0 Å². The first-order valence-electron chi connectivity index (χ1n) is 3.65. The molecule has 1 heterocycles. The van der Waals surface area contributed by atoms with Crippen LogP contribution >= 0.6 is 12.2 Å². The van der Waals surface area contributed by atoms with E-state index < -0.39 is 0 Å². The van der Waals surface area contributed by atoms with Gasteiger partial charge in [0.2, 0.25) is 0 Å². The summed E-state index contributed by atoms with van der Waals surface area (Å²) < 4.78 is 5.77. The molecule has 0 bridgehead atoms. The highest BCUT2D eigenvalue weighted by Gasteiger charge is 1.90. The molecule has 0 radical (unpaired) electrons. The van der Waals surface area contributed by atoms with Crippen LogP contribution in [0.15, 0.2) is 12.4 Å². The topological polar surface area (TPSA) is 49.9 Å². The summed E-state index contributed by atoms with van der Waals surface area (Å²) in [6, 6.07) is 0. The third-order valence-electron chi connectivity index (χ3n) is 1.27. The van der Waals surface area contributed by atoms with Crippen molar-refractivity contribution in [2.75, 3.05) is 20.2 Å². The van der Waals surface area contributed by atoms with Gasteiger partial charge in [-0.1, -0.05) is 0 Å². The minimum Gasteiger partial charge on any atom is -0.489 e. The molecule has 4 nitrogen and oxygen atoms in total. The van der Waals surface area contributed by atoms with Crippen LogP contribution in [-0.2, 0) is 0 Å². The Morgan fingerprint density at radius 1 is 1.75 bits per heavy atom. The van der Waals surface area contributed by atoms with Crippen molar-refractivity contribution >= 4 is 12.2 Å². The van der Waals surface area contributed by atoms with Crippen molar-refractivity contribution in [2.24, 2.45) is 0 Å². The van der Waals surface area contributed by atoms with E-state index in [1.54, 1.807) is 12.4 Å². The lowest BCUT2D eigenvalue weighted by atomic mass is 10.6. The van der Waals surface area contributed by atoms with Gasteiger partial charge in [0.05, 0.1) is 6.20 Å². The van der Waals surface area contributed by atoms with Crippen LogP contribution in [0, 0.1) is 4.77 Å². The van der Waals surface area contributed by atoms with E-state index in [9.17, 15) is 0 Å². The van der Waals surface area contributed by atoms with E-state index in [1.165, 1.54) is 0 Å². The molecular formula is C7H11N3OS. The summed E-state index contributed by atoms with van der Waals surface area (Å²) in [5, 5.41) is 2.97. The highest BCUT2D eigenvalue weighted by atomic mass is 32.1. The lowest BCUT2D eigenvalue weighted by Crippen LogP contribution is -2.16. The number of hydrogen-bond acceptors (Lipinski definition) is 4. The summed E-state index contributed by atoms with van der Waals surface area (Å²) in [4.78, 5) is 6.66.